The van der Waals surface area contributed by atoms with Crippen LogP contribution in [0.1, 0.15) is 39.8 Å². The van der Waals surface area contributed by atoms with Crippen molar-refractivity contribution in [2.45, 2.75) is 32.8 Å². The van der Waals surface area contributed by atoms with Crippen LogP contribution in [0.25, 0.3) is 0 Å². The molecule has 0 heterocycles. The number of aliphatic hydroxyl groups excluding tert-OH is 1. The highest BCUT2D eigenvalue weighted by atomic mass is 16.3. The van der Waals surface area contributed by atoms with E-state index in [0.29, 0.717) is 6.54 Å². The maximum Gasteiger partial charge on any atom is 0.0873 e. The molecular formula is C18H23NO. The van der Waals surface area contributed by atoms with E-state index in [0.717, 1.165) is 22.3 Å². The Morgan fingerprint density at radius 2 is 1.70 bits per heavy atom. The molecule has 106 valence electrons. The van der Waals surface area contributed by atoms with E-state index < -0.39 is 6.10 Å². The zero-order valence-electron chi connectivity index (χ0n) is 12.4. The van der Waals surface area contributed by atoms with E-state index in [4.69, 9.17) is 5.73 Å². The molecule has 2 nitrogen and oxygen atoms in total. The molecule has 0 aromatic heterocycles. The van der Waals surface area contributed by atoms with Crippen LogP contribution in [0.5, 0.6) is 0 Å². The highest BCUT2D eigenvalue weighted by molar-refractivity contribution is 5.36. The summed E-state index contributed by atoms with van der Waals surface area (Å²) in [7, 11) is 0. The van der Waals surface area contributed by atoms with E-state index in [9.17, 15) is 5.11 Å². The van der Waals surface area contributed by atoms with Gasteiger partial charge in [0.25, 0.3) is 0 Å². The van der Waals surface area contributed by atoms with Crippen molar-refractivity contribution in [2.75, 3.05) is 6.54 Å². The van der Waals surface area contributed by atoms with Gasteiger partial charge < -0.3 is 10.8 Å². The minimum Gasteiger partial charge on any atom is -0.388 e. The number of aliphatic hydroxyl groups is 1. The van der Waals surface area contributed by atoms with Gasteiger partial charge in [-0.05, 0) is 37.5 Å². The number of rotatable bonds is 4. The number of hydrogen-bond donors (Lipinski definition) is 2. The van der Waals surface area contributed by atoms with Crippen LogP contribution in [-0.2, 0) is 0 Å². The molecule has 0 fully saturated rings. The van der Waals surface area contributed by atoms with Crippen molar-refractivity contribution in [3.8, 4) is 0 Å². The number of benzene rings is 2. The van der Waals surface area contributed by atoms with E-state index in [1.54, 1.807) is 0 Å². The highest BCUT2D eigenvalue weighted by Gasteiger charge is 2.23. The smallest absolute Gasteiger partial charge is 0.0873 e. The van der Waals surface area contributed by atoms with E-state index >= 15 is 0 Å². The minimum atomic E-state index is -0.568. The van der Waals surface area contributed by atoms with Gasteiger partial charge in [-0.1, -0.05) is 53.6 Å². The summed E-state index contributed by atoms with van der Waals surface area (Å²) in [6.07, 6.45) is -0.568. The van der Waals surface area contributed by atoms with Gasteiger partial charge in [-0.15, -0.1) is 0 Å². The Morgan fingerprint density at radius 1 is 1.00 bits per heavy atom. The Kier molecular flexibility index (Phi) is 4.58. The third-order valence-corrected chi connectivity index (χ3v) is 3.86. The summed E-state index contributed by atoms with van der Waals surface area (Å²) in [5, 5.41) is 10.7. The molecule has 0 radical (unpaired) electrons. The van der Waals surface area contributed by atoms with Gasteiger partial charge in [-0.2, -0.15) is 0 Å². The molecule has 0 bridgehead atoms. The van der Waals surface area contributed by atoms with Crippen LogP contribution in [0.2, 0.25) is 0 Å². The summed E-state index contributed by atoms with van der Waals surface area (Å²) in [6, 6.07) is 14.4. The highest BCUT2D eigenvalue weighted by Crippen LogP contribution is 2.32. The predicted molar refractivity (Wildman–Crippen MR) is 83.9 cm³/mol. The van der Waals surface area contributed by atoms with Crippen molar-refractivity contribution < 1.29 is 5.11 Å². The van der Waals surface area contributed by atoms with Gasteiger partial charge in [0.15, 0.2) is 0 Å². The normalized spacial score (nSPS) is 14.1. The number of aryl methyl sites for hydroxylation is 3. The Hall–Kier alpha value is -1.64. The second-order valence-electron chi connectivity index (χ2n) is 5.56. The van der Waals surface area contributed by atoms with Crippen LogP contribution in [0, 0.1) is 20.8 Å². The minimum absolute atomic E-state index is 0.0737. The van der Waals surface area contributed by atoms with Gasteiger partial charge >= 0.3 is 0 Å². The lowest BCUT2D eigenvalue weighted by Gasteiger charge is -2.24. The molecule has 0 saturated carbocycles. The monoisotopic (exact) mass is 269 g/mol. The maximum atomic E-state index is 10.7. The van der Waals surface area contributed by atoms with Crippen molar-refractivity contribution in [3.05, 3.63) is 70.3 Å². The van der Waals surface area contributed by atoms with E-state index in [2.05, 4.69) is 37.3 Å². The Bertz CT molecular complexity index is 592. The summed E-state index contributed by atoms with van der Waals surface area (Å²) < 4.78 is 0. The third kappa shape index (κ3) is 3.09. The summed E-state index contributed by atoms with van der Waals surface area (Å²) in [5.74, 6) is -0.0737. The van der Waals surface area contributed by atoms with Crippen molar-refractivity contribution in [1.82, 2.24) is 0 Å². The molecule has 2 atom stereocenters. The van der Waals surface area contributed by atoms with Gasteiger partial charge in [-0.25, -0.2) is 0 Å². The SMILES string of the molecule is Cc1cccc(C(CN)C(O)c2cc(C)ccc2C)c1. The fourth-order valence-corrected chi connectivity index (χ4v) is 2.64. The molecular weight excluding hydrogens is 246 g/mol. The summed E-state index contributed by atoms with van der Waals surface area (Å²) in [5.41, 5.74) is 11.4. The Morgan fingerprint density at radius 3 is 2.35 bits per heavy atom. The average Bonchev–Trinajstić information content (AvgIpc) is 2.42. The molecule has 0 saturated heterocycles. The zero-order valence-corrected chi connectivity index (χ0v) is 12.4. The largest absolute Gasteiger partial charge is 0.388 e. The molecule has 0 aliphatic rings. The molecule has 2 heteroatoms. The van der Waals surface area contributed by atoms with Gasteiger partial charge in [0.1, 0.15) is 0 Å². The Labute approximate surface area is 121 Å². The molecule has 2 unspecified atom stereocenters. The molecule has 3 N–H and O–H groups in total. The molecule has 0 spiro atoms. The van der Waals surface area contributed by atoms with Gasteiger partial charge in [-0.3, -0.25) is 0 Å². The van der Waals surface area contributed by atoms with Crippen molar-refractivity contribution in [2.24, 2.45) is 5.73 Å². The summed E-state index contributed by atoms with van der Waals surface area (Å²) >= 11 is 0. The van der Waals surface area contributed by atoms with Gasteiger partial charge in [0, 0.05) is 12.5 Å². The van der Waals surface area contributed by atoms with Crippen molar-refractivity contribution >= 4 is 0 Å². The molecule has 2 rings (SSSR count). The topological polar surface area (TPSA) is 46.2 Å². The maximum absolute atomic E-state index is 10.7. The van der Waals surface area contributed by atoms with Gasteiger partial charge in [0.2, 0.25) is 0 Å². The lowest BCUT2D eigenvalue weighted by Crippen LogP contribution is -2.21. The van der Waals surface area contributed by atoms with Crippen LogP contribution in [0.15, 0.2) is 42.5 Å². The first kappa shape index (κ1) is 14.8. The molecule has 20 heavy (non-hydrogen) atoms. The second-order valence-corrected chi connectivity index (χ2v) is 5.56. The lowest BCUT2D eigenvalue weighted by atomic mass is 9.86. The van der Waals surface area contributed by atoms with E-state index in [1.165, 1.54) is 5.56 Å². The first-order chi connectivity index (χ1) is 9.52. The fourth-order valence-electron chi connectivity index (χ4n) is 2.64. The lowest BCUT2D eigenvalue weighted by molar-refractivity contribution is 0.146. The van der Waals surface area contributed by atoms with Crippen LogP contribution in [-0.4, -0.2) is 11.7 Å². The second kappa shape index (κ2) is 6.21. The zero-order chi connectivity index (χ0) is 14.7. The Balaban J connectivity index is 2.38. The molecule has 0 amide bonds. The summed E-state index contributed by atoms with van der Waals surface area (Å²) in [4.78, 5) is 0. The summed E-state index contributed by atoms with van der Waals surface area (Å²) in [6.45, 7) is 6.56. The van der Waals surface area contributed by atoms with E-state index in [-0.39, 0.29) is 5.92 Å². The van der Waals surface area contributed by atoms with Crippen LogP contribution >= 0.6 is 0 Å². The fraction of sp³-hybridized carbons (Fsp3) is 0.333. The van der Waals surface area contributed by atoms with Gasteiger partial charge in [0.05, 0.1) is 6.10 Å². The molecule has 2 aromatic carbocycles. The van der Waals surface area contributed by atoms with Crippen molar-refractivity contribution in [1.29, 1.82) is 0 Å². The average molecular weight is 269 g/mol. The predicted octanol–water partition coefficient (Wildman–Crippen LogP) is 3.39. The third-order valence-electron chi connectivity index (χ3n) is 3.86. The van der Waals surface area contributed by atoms with Crippen LogP contribution in [0.3, 0.4) is 0 Å². The quantitative estimate of drug-likeness (QED) is 0.893. The van der Waals surface area contributed by atoms with Crippen LogP contribution in [0.4, 0.5) is 0 Å². The molecule has 2 aromatic rings. The first-order valence-electron chi connectivity index (χ1n) is 7.04. The van der Waals surface area contributed by atoms with Crippen LogP contribution < -0.4 is 5.73 Å². The number of nitrogens with two attached hydrogens (primary N) is 1. The first-order valence-corrected chi connectivity index (χ1v) is 7.04. The van der Waals surface area contributed by atoms with E-state index in [1.807, 2.05) is 26.0 Å². The molecule has 0 aliphatic carbocycles. The molecule has 0 aliphatic heterocycles. The van der Waals surface area contributed by atoms with Crippen molar-refractivity contribution in [3.63, 3.8) is 0 Å². The standard InChI is InChI=1S/C18H23NO/c1-12-5-4-6-15(9-12)17(11-19)18(20)16-10-13(2)7-8-14(16)3/h4-10,17-18,20H,11,19H2,1-3H3. The number of hydrogen-bond acceptors (Lipinski definition) is 2.